The second-order valence-corrected chi connectivity index (χ2v) is 3.08. The van der Waals surface area contributed by atoms with Gasteiger partial charge in [0.25, 0.3) is 0 Å². The Bertz CT molecular complexity index is 299. The van der Waals surface area contributed by atoms with Crippen molar-refractivity contribution in [3.63, 3.8) is 0 Å². The first kappa shape index (κ1) is 7.58. The molecule has 0 amide bonds. The summed E-state index contributed by atoms with van der Waals surface area (Å²) in [5.41, 5.74) is 14.5. The lowest BCUT2D eigenvalue weighted by molar-refractivity contribution is 0.0924. The molecular weight excluding hydrogens is 152 g/mol. The smallest absolute Gasteiger partial charge is 0.0721 e. The lowest BCUT2D eigenvalue weighted by Crippen LogP contribution is -2.23. The number of rotatable bonds is 0. The van der Waals surface area contributed by atoms with Gasteiger partial charge in [0.15, 0.2) is 0 Å². The molecule has 1 atom stereocenters. The SMILES string of the molecule is Nc1ccc2c(c1)[C@H](N)COC2. The quantitative estimate of drug-likeness (QED) is 0.557. The molecule has 0 aromatic heterocycles. The molecule has 3 heteroatoms. The largest absolute Gasteiger partial charge is 0.399 e. The van der Waals surface area contributed by atoms with Crippen molar-refractivity contribution in [2.75, 3.05) is 12.3 Å². The van der Waals surface area contributed by atoms with Crippen LogP contribution in [0.5, 0.6) is 0 Å². The Morgan fingerprint density at radius 3 is 3.08 bits per heavy atom. The van der Waals surface area contributed by atoms with E-state index < -0.39 is 0 Å². The molecule has 2 rings (SSSR count). The summed E-state index contributed by atoms with van der Waals surface area (Å²) < 4.78 is 5.28. The van der Waals surface area contributed by atoms with Gasteiger partial charge in [-0.1, -0.05) is 6.07 Å². The third kappa shape index (κ3) is 1.17. The van der Waals surface area contributed by atoms with Crippen molar-refractivity contribution in [3.05, 3.63) is 29.3 Å². The van der Waals surface area contributed by atoms with E-state index in [9.17, 15) is 0 Å². The monoisotopic (exact) mass is 164 g/mol. The minimum atomic E-state index is -0.0164. The van der Waals surface area contributed by atoms with Crippen molar-refractivity contribution < 1.29 is 4.74 Å². The van der Waals surface area contributed by atoms with Gasteiger partial charge in [-0.25, -0.2) is 0 Å². The molecule has 3 nitrogen and oxygen atoms in total. The Balaban J connectivity index is 2.47. The molecule has 0 spiro atoms. The zero-order valence-corrected chi connectivity index (χ0v) is 6.79. The fourth-order valence-electron chi connectivity index (χ4n) is 1.48. The molecule has 12 heavy (non-hydrogen) atoms. The number of benzene rings is 1. The molecule has 1 aromatic rings. The lowest BCUT2D eigenvalue weighted by Gasteiger charge is -2.22. The normalized spacial score (nSPS) is 21.9. The number of anilines is 1. The zero-order valence-electron chi connectivity index (χ0n) is 6.79. The Labute approximate surface area is 71.3 Å². The van der Waals surface area contributed by atoms with Gasteiger partial charge >= 0.3 is 0 Å². The number of ether oxygens (including phenoxy) is 1. The maximum Gasteiger partial charge on any atom is 0.0721 e. The van der Waals surface area contributed by atoms with Crippen molar-refractivity contribution in [2.24, 2.45) is 5.73 Å². The van der Waals surface area contributed by atoms with Gasteiger partial charge in [0.1, 0.15) is 0 Å². The van der Waals surface area contributed by atoms with Gasteiger partial charge in [-0.05, 0) is 23.3 Å². The van der Waals surface area contributed by atoms with Crippen LogP contribution in [0.4, 0.5) is 5.69 Å². The lowest BCUT2D eigenvalue weighted by atomic mass is 9.99. The summed E-state index contributed by atoms with van der Waals surface area (Å²) in [7, 11) is 0. The van der Waals surface area contributed by atoms with E-state index in [1.165, 1.54) is 0 Å². The van der Waals surface area contributed by atoms with Gasteiger partial charge in [-0.15, -0.1) is 0 Å². The molecular formula is C9H12N2O. The number of hydrogen-bond donors (Lipinski definition) is 2. The minimum Gasteiger partial charge on any atom is -0.399 e. The van der Waals surface area contributed by atoms with Crippen LogP contribution in [0.1, 0.15) is 17.2 Å². The van der Waals surface area contributed by atoms with Gasteiger partial charge in [0, 0.05) is 5.69 Å². The van der Waals surface area contributed by atoms with E-state index in [2.05, 4.69) is 0 Å². The third-order valence-corrected chi connectivity index (χ3v) is 2.12. The molecule has 64 valence electrons. The van der Waals surface area contributed by atoms with Crippen molar-refractivity contribution >= 4 is 5.69 Å². The molecule has 0 bridgehead atoms. The molecule has 1 aliphatic heterocycles. The topological polar surface area (TPSA) is 61.3 Å². The molecule has 1 heterocycles. The van der Waals surface area contributed by atoms with Crippen LogP contribution in [0.15, 0.2) is 18.2 Å². The Hall–Kier alpha value is -1.06. The van der Waals surface area contributed by atoms with E-state index in [0.717, 1.165) is 16.8 Å². The highest BCUT2D eigenvalue weighted by molar-refractivity contribution is 5.46. The van der Waals surface area contributed by atoms with Gasteiger partial charge in [0.2, 0.25) is 0 Å². The van der Waals surface area contributed by atoms with E-state index in [1.54, 1.807) is 0 Å². The van der Waals surface area contributed by atoms with E-state index in [1.807, 2.05) is 18.2 Å². The van der Waals surface area contributed by atoms with E-state index in [0.29, 0.717) is 13.2 Å². The fourth-order valence-corrected chi connectivity index (χ4v) is 1.48. The predicted molar refractivity (Wildman–Crippen MR) is 47.4 cm³/mol. The molecule has 0 saturated heterocycles. The van der Waals surface area contributed by atoms with Crippen LogP contribution in [0.3, 0.4) is 0 Å². The third-order valence-electron chi connectivity index (χ3n) is 2.12. The van der Waals surface area contributed by atoms with Crippen molar-refractivity contribution in [1.29, 1.82) is 0 Å². The highest BCUT2D eigenvalue weighted by atomic mass is 16.5. The number of nitrogen functional groups attached to an aromatic ring is 1. The van der Waals surface area contributed by atoms with Crippen LogP contribution in [0, 0.1) is 0 Å². The Kier molecular flexibility index (Phi) is 1.75. The zero-order chi connectivity index (χ0) is 8.55. The molecule has 0 fully saturated rings. The number of hydrogen-bond acceptors (Lipinski definition) is 3. The molecule has 1 aliphatic rings. The minimum absolute atomic E-state index is 0.0164. The number of fused-ring (bicyclic) bond motifs is 1. The van der Waals surface area contributed by atoms with E-state index in [-0.39, 0.29) is 6.04 Å². The molecule has 1 aromatic carbocycles. The van der Waals surface area contributed by atoms with Crippen molar-refractivity contribution in [1.82, 2.24) is 0 Å². The highest BCUT2D eigenvalue weighted by Crippen LogP contribution is 2.24. The van der Waals surface area contributed by atoms with E-state index >= 15 is 0 Å². The molecule has 0 radical (unpaired) electrons. The summed E-state index contributed by atoms with van der Waals surface area (Å²) in [6, 6.07) is 5.77. The van der Waals surface area contributed by atoms with Gasteiger partial charge in [-0.3, -0.25) is 0 Å². The average Bonchev–Trinajstić information content (AvgIpc) is 2.07. The molecule has 0 saturated carbocycles. The van der Waals surface area contributed by atoms with Gasteiger partial charge in [-0.2, -0.15) is 0 Å². The Morgan fingerprint density at radius 2 is 2.25 bits per heavy atom. The summed E-state index contributed by atoms with van der Waals surface area (Å²) >= 11 is 0. The average molecular weight is 164 g/mol. The first-order valence-electron chi connectivity index (χ1n) is 3.99. The molecule has 0 unspecified atom stereocenters. The standard InChI is InChI=1S/C9H12N2O/c10-7-2-1-6-4-12-5-9(11)8(6)3-7/h1-3,9H,4-5,10-11H2/t9-/m1/s1. The molecule has 0 aliphatic carbocycles. The first-order chi connectivity index (χ1) is 5.77. The maximum atomic E-state index is 5.83. The first-order valence-corrected chi connectivity index (χ1v) is 3.99. The van der Waals surface area contributed by atoms with Crippen molar-refractivity contribution in [2.45, 2.75) is 12.6 Å². The highest BCUT2D eigenvalue weighted by Gasteiger charge is 2.16. The summed E-state index contributed by atoms with van der Waals surface area (Å²) in [6.07, 6.45) is 0. The Morgan fingerprint density at radius 1 is 1.42 bits per heavy atom. The summed E-state index contributed by atoms with van der Waals surface area (Å²) in [5.74, 6) is 0. The van der Waals surface area contributed by atoms with Crippen molar-refractivity contribution in [3.8, 4) is 0 Å². The summed E-state index contributed by atoms with van der Waals surface area (Å²) in [6.45, 7) is 1.25. The van der Waals surface area contributed by atoms with Gasteiger partial charge < -0.3 is 16.2 Å². The summed E-state index contributed by atoms with van der Waals surface area (Å²) in [5, 5.41) is 0. The maximum absolute atomic E-state index is 5.83. The summed E-state index contributed by atoms with van der Waals surface area (Å²) in [4.78, 5) is 0. The second-order valence-electron chi connectivity index (χ2n) is 3.08. The van der Waals surface area contributed by atoms with Crippen LogP contribution >= 0.6 is 0 Å². The predicted octanol–water partition coefficient (Wildman–Crippen LogP) is 0.799. The van der Waals surface area contributed by atoms with Gasteiger partial charge in [0.05, 0.1) is 19.3 Å². The van der Waals surface area contributed by atoms with Crippen LogP contribution in [-0.4, -0.2) is 6.61 Å². The molecule has 4 N–H and O–H groups in total. The fraction of sp³-hybridized carbons (Fsp3) is 0.333. The van der Waals surface area contributed by atoms with Crippen LogP contribution in [0.25, 0.3) is 0 Å². The van der Waals surface area contributed by atoms with Crippen LogP contribution in [0.2, 0.25) is 0 Å². The number of nitrogens with two attached hydrogens (primary N) is 2. The van der Waals surface area contributed by atoms with E-state index in [4.69, 9.17) is 16.2 Å². The van der Waals surface area contributed by atoms with Crippen LogP contribution in [-0.2, 0) is 11.3 Å². The second kappa shape index (κ2) is 2.77. The van der Waals surface area contributed by atoms with Crippen LogP contribution < -0.4 is 11.5 Å².